The van der Waals surface area contributed by atoms with Gasteiger partial charge in [-0.3, -0.25) is 4.79 Å². The number of halogens is 1. The number of carbonyl (C=O) groups is 1. The molecule has 3 rings (SSSR count). The Balaban J connectivity index is 1.65. The molecule has 2 bridgehead atoms. The van der Waals surface area contributed by atoms with E-state index in [4.69, 9.17) is 0 Å². The minimum Gasteiger partial charge on any atom is -0.340 e. The molecule has 3 nitrogen and oxygen atoms in total. The van der Waals surface area contributed by atoms with E-state index in [0.717, 1.165) is 19.6 Å². The van der Waals surface area contributed by atoms with Gasteiger partial charge in [0.2, 0.25) is 5.91 Å². The summed E-state index contributed by atoms with van der Waals surface area (Å²) >= 11 is 0. The molecular formula is C10H15FN2O. The van der Waals surface area contributed by atoms with Crippen LogP contribution in [0.3, 0.4) is 0 Å². The number of likely N-dealkylation sites (tertiary alicyclic amines) is 1. The molecule has 1 saturated carbocycles. The molecule has 4 heteroatoms. The summed E-state index contributed by atoms with van der Waals surface area (Å²) in [6.45, 7) is 2.66. The third-order valence-electron chi connectivity index (χ3n) is 3.57. The third kappa shape index (κ3) is 1.32. The molecule has 2 aliphatic heterocycles. The molecule has 4 atom stereocenters. The summed E-state index contributed by atoms with van der Waals surface area (Å²) in [5.74, 6) is 0.359. The zero-order valence-electron chi connectivity index (χ0n) is 8.08. The molecular weight excluding hydrogens is 183 g/mol. The molecule has 2 saturated heterocycles. The quantitative estimate of drug-likeness (QED) is 0.651. The van der Waals surface area contributed by atoms with Crippen molar-refractivity contribution >= 4 is 5.91 Å². The van der Waals surface area contributed by atoms with Crippen LogP contribution in [0.4, 0.5) is 4.39 Å². The highest BCUT2D eigenvalue weighted by Crippen LogP contribution is 2.36. The van der Waals surface area contributed by atoms with Gasteiger partial charge in [-0.2, -0.15) is 0 Å². The fraction of sp³-hybridized carbons (Fsp3) is 0.900. The summed E-state index contributed by atoms with van der Waals surface area (Å²) in [7, 11) is 0. The van der Waals surface area contributed by atoms with Crippen molar-refractivity contribution in [3.05, 3.63) is 0 Å². The van der Waals surface area contributed by atoms with E-state index < -0.39 is 6.17 Å². The van der Waals surface area contributed by atoms with Crippen molar-refractivity contribution < 1.29 is 9.18 Å². The minimum absolute atomic E-state index is 0.0518. The van der Waals surface area contributed by atoms with Gasteiger partial charge in [0.1, 0.15) is 6.17 Å². The van der Waals surface area contributed by atoms with Gasteiger partial charge in [0.15, 0.2) is 0 Å². The Labute approximate surface area is 82.6 Å². The van der Waals surface area contributed by atoms with Crippen LogP contribution < -0.4 is 5.32 Å². The fourth-order valence-electron chi connectivity index (χ4n) is 2.67. The highest BCUT2D eigenvalue weighted by molar-refractivity contribution is 5.82. The lowest BCUT2D eigenvalue weighted by molar-refractivity contribution is -0.134. The van der Waals surface area contributed by atoms with Crippen LogP contribution >= 0.6 is 0 Å². The first kappa shape index (κ1) is 8.65. The lowest BCUT2D eigenvalue weighted by Gasteiger charge is -2.31. The number of carbonyl (C=O) groups excluding carboxylic acids is 1. The maximum Gasteiger partial charge on any atom is 0.228 e. The van der Waals surface area contributed by atoms with Crippen molar-refractivity contribution in [3.8, 4) is 0 Å². The average Bonchev–Trinajstić information content (AvgIpc) is 2.82. The molecule has 2 unspecified atom stereocenters. The van der Waals surface area contributed by atoms with Gasteiger partial charge in [0.05, 0.1) is 5.92 Å². The number of nitrogens with one attached hydrogen (secondary N) is 1. The molecule has 78 valence electrons. The van der Waals surface area contributed by atoms with E-state index >= 15 is 0 Å². The smallest absolute Gasteiger partial charge is 0.228 e. The van der Waals surface area contributed by atoms with Crippen LogP contribution in [0.5, 0.6) is 0 Å². The van der Waals surface area contributed by atoms with E-state index in [1.54, 1.807) is 0 Å². The van der Waals surface area contributed by atoms with Crippen LogP contribution in [-0.2, 0) is 4.79 Å². The third-order valence-corrected chi connectivity index (χ3v) is 3.57. The SMILES string of the molecule is O=C(C1CC1F)N1C[C@@H]2CN[C@@H](C2)C1. The second kappa shape index (κ2) is 2.92. The molecule has 0 aromatic heterocycles. The molecule has 1 N–H and O–H groups in total. The van der Waals surface area contributed by atoms with Gasteiger partial charge in [-0.25, -0.2) is 4.39 Å². The Kier molecular flexibility index (Phi) is 1.81. The van der Waals surface area contributed by atoms with E-state index in [0.29, 0.717) is 18.4 Å². The Morgan fingerprint density at radius 2 is 2.14 bits per heavy atom. The molecule has 2 heterocycles. The summed E-state index contributed by atoms with van der Waals surface area (Å²) < 4.78 is 12.7. The van der Waals surface area contributed by atoms with Crippen LogP contribution in [0.25, 0.3) is 0 Å². The number of hydrogen-bond donors (Lipinski definition) is 1. The molecule has 3 fully saturated rings. The van der Waals surface area contributed by atoms with Gasteiger partial charge in [0, 0.05) is 25.7 Å². The van der Waals surface area contributed by atoms with Gasteiger partial charge >= 0.3 is 0 Å². The van der Waals surface area contributed by atoms with E-state index in [9.17, 15) is 9.18 Å². The Morgan fingerprint density at radius 3 is 2.79 bits per heavy atom. The number of piperidine rings is 1. The van der Waals surface area contributed by atoms with Crippen molar-refractivity contribution in [2.75, 3.05) is 19.6 Å². The number of rotatable bonds is 1. The van der Waals surface area contributed by atoms with Gasteiger partial charge in [-0.1, -0.05) is 0 Å². The molecule has 3 aliphatic rings. The van der Waals surface area contributed by atoms with Crippen molar-refractivity contribution in [3.63, 3.8) is 0 Å². The average molecular weight is 198 g/mol. The normalized spacial score (nSPS) is 45.4. The summed E-state index contributed by atoms with van der Waals surface area (Å²) in [6, 6.07) is 0.467. The highest BCUT2D eigenvalue weighted by atomic mass is 19.1. The lowest BCUT2D eigenvalue weighted by atomic mass is 9.99. The van der Waals surface area contributed by atoms with Gasteiger partial charge < -0.3 is 10.2 Å². The number of fused-ring (bicyclic) bond motifs is 2. The minimum atomic E-state index is -0.852. The van der Waals surface area contributed by atoms with Gasteiger partial charge in [-0.05, 0) is 18.8 Å². The van der Waals surface area contributed by atoms with Crippen LogP contribution in [-0.4, -0.2) is 42.7 Å². The van der Waals surface area contributed by atoms with E-state index in [1.807, 2.05) is 4.90 Å². The molecule has 14 heavy (non-hydrogen) atoms. The van der Waals surface area contributed by atoms with E-state index in [1.165, 1.54) is 6.42 Å². The first-order chi connectivity index (χ1) is 6.74. The summed E-state index contributed by atoms with van der Waals surface area (Å²) in [5.41, 5.74) is 0. The van der Waals surface area contributed by atoms with Crippen molar-refractivity contribution in [1.29, 1.82) is 0 Å². The molecule has 0 radical (unpaired) electrons. The van der Waals surface area contributed by atoms with Crippen LogP contribution in [0.2, 0.25) is 0 Å². The predicted molar refractivity (Wildman–Crippen MR) is 49.5 cm³/mol. The van der Waals surface area contributed by atoms with Crippen LogP contribution in [0, 0.1) is 11.8 Å². The molecule has 0 aromatic rings. The van der Waals surface area contributed by atoms with Crippen molar-refractivity contribution in [2.45, 2.75) is 25.1 Å². The maximum atomic E-state index is 12.7. The first-order valence-electron chi connectivity index (χ1n) is 5.40. The number of amides is 1. The number of alkyl halides is 1. The Hall–Kier alpha value is -0.640. The topological polar surface area (TPSA) is 32.3 Å². The van der Waals surface area contributed by atoms with Crippen LogP contribution in [0.1, 0.15) is 12.8 Å². The highest BCUT2D eigenvalue weighted by Gasteiger charge is 2.47. The zero-order chi connectivity index (χ0) is 9.71. The summed E-state index contributed by atoms with van der Waals surface area (Å²) in [5, 5.41) is 3.39. The zero-order valence-corrected chi connectivity index (χ0v) is 8.08. The molecule has 1 amide bonds. The van der Waals surface area contributed by atoms with Gasteiger partial charge in [0.25, 0.3) is 0 Å². The number of nitrogens with zero attached hydrogens (tertiary/aromatic N) is 1. The van der Waals surface area contributed by atoms with E-state index in [-0.39, 0.29) is 11.8 Å². The second-order valence-electron chi connectivity index (χ2n) is 4.81. The van der Waals surface area contributed by atoms with Crippen molar-refractivity contribution in [2.24, 2.45) is 11.8 Å². The standard InChI is InChI=1S/C10H15FN2O/c11-9-2-8(9)10(14)13-4-6-1-7(5-13)12-3-6/h6-9,12H,1-5H2/t6-,7-,8?,9?/m0/s1. The van der Waals surface area contributed by atoms with Gasteiger partial charge in [-0.15, -0.1) is 0 Å². The largest absolute Gasteiger partial charge is 0.340 e. The summed E-state index contributed by atoms with van der Waals surface area (Å²) in [6.07, 6.45) is 0.793. The van der Waals surface area contributed by atoms with Crippen LogP contribution in [0.15, 0.2) is 0 Å². The van der Waals surface area contributed by atoms with E-state index in [2.05, 4.69) is 5.32 Å². The first-order valence-corrected chi connectivity index (χ1v) is 5.40. The molecule has 0 aromatic carbocycles. The number of hydrogen-bond acceptors (Lipinski definition) is 2. The monoisotopic (exact) mass is 198 g/mol. The Bertz CT molecular complexity index is 259. The molecule has 1 aliphatic carbocycles. The van der Waals surface area contributed by atoms with Crippen molar-refractivity contribution in [1.82, 2.24) is 10.2 Å². The fourth-order valence-corrected chi connectivity index (χ4v) is 2.67. The second-order valence-corrected chi connectivity index (χ2v) is 4.81. The maximum absolute atomic E-state index is 12.7. The lowest BCUT2D eigenvalue weighted by Crippen LogP contribution is -2.45. The summed E-state index contributed by atoms with van der Waals surface area (Å²) in [4.78, 5) is 13.6. The Morgan fingerprint density at radius 1 is 1.36 bits per heavy atom. The molecule has 0 spiro atoms. The predicted octanol–water partition coefficient (Wildman–Crippen LogP) is 0.165.